The van der Waals surface area contributed by atoms with Crippen molar-refractivity contribution >= 4 is 175 Å². The Morgan fingerprint density at radius 1 is 0.500 bits per heavy atom. The standard InChI is InChI=1S/C48H48N2O4S12/c1-5-9-21-55-45-46(56-22-10-6-2)64-43(63-45)39(37-19-17-35(61-37)33-15-13-31(59-33)25-29(27-49)41(51)52)40(44-65-47(57-23-11-7-3)48(66-44)58-24-12-8-4)38-20-18-36(62-38)34-16-14-32(60-34)26-30(28-50)42(53)54/h13-20,25-26H,5-12,21-24H2,1-4H3,(H,51,52)(H,53,54)/b29-25+,30-26+. The summed E-state index contributed by atoms with van der Waals surface area (Å²) in [5.74, 6) is 1.81. The molecule has 0 fully saturated rings. The van der Waals surface area contributed by atoms with Gasteiger partial charge in [0.15, 0.2) is 0 Å². The summed E-state index contributed by atoms with van der Waals surface area (Å²) in [6.07, 6.45) is 12.1. The summed E-state index contributed by atoms with van der Waals surface area (Å²) < 4.78 is 8.05. The van der Waals surface area contributed by atoms with E-state index in [-0.39, 0.29) is 11.1 Å². The molecule has 2 aliphatic rings. The van der Waals surface area contributed by atoms with Gasteiger partial charge < -0.3 is 10.2 Å². The minimum Gasteiger partial charge on any atom is -0.477 e. The molecule has 6 heterocycles. The average Bonchev–Trinajstić information content (AvgIpc) is 4.17. The van der Waals surface area contributed by atoms with Gasteiger partial charge in [-0.3, -0.25) is 0 Å². The van der Waals surface area contributed by atoms with Crippen LogP contribution in [0.4, 0.5) is 0 Å². The second-order valence-corrected chi connectivity index (χ2v) is 28.8. The number of nitriles is 2. The molecular formula is C48H48N2O4S12. The Morgan fingerprint density at radius 2 is 0.803 bits per heavy atom. The molecule has 0 saturated carbocycles. The fourth-order valence-corrected chi connectivity index (χ4v) is 22.9. The maximum Gasteiger partial charge on any atom is 0.346 e. The van der Waals surface area contributed by atoms with E-state index < -0.39 is 11.9 Å². The average molecular weight is 1100 g/mol. The van der Waals surface area contributed by atoms with E-state index in [2.05, 4.69) is 52.0 Å². The topological polar surface area (TPSA) is 122 Å². The van der Waals surface area contributed by atoms with Crippen LogP contribution in [0.1, 0.15) is 98.6 Å². The van der Waals surface area contributed by atoms with E-state index in [1.807, 2.05) is 130 Å². The van der Waals surface area contributed by atoms with E-state index in [4.69, 9.17) is 0 Å². The molecule has 2 N–H and O–H groups in total. The smallest absolute Gasteiger partial charge is 0.346 e. The fourth-order valence-electron chi connectivity index (χ4n) is 5.89. The van der Waals surface area contributed by atoms with Crippen molar-refractivity contribution in [2.45, 2.75) is 79.1 Å². The first-order valence-corrected chi connectivity index (χ1v) is 31.9. The molecule has 0 aromatic carbocycles. The van der Waals surface area contributed by atoms with Gasteiger partial charge in [0, 0.05) is 50.2 Å². The lowest BCUT2D eigenvalue weighted by Gasteiger charge is -2.16. The minimum atomic E-state index is -1.24. The van der Waals surface area contributed by atoms with Crippen LogP contribution in [0.15, 0.2) is 85.1 Å². The van der Waals surface area contributed by atoms with Gasteiger partial charge >= 0.3 is 11.9 Å². The molecule has 18 heteroatoms. The number of hydrogen-bond acceptors (Lipinski definition) is 16. The van der Waals surface area contributed by atoms with E-state index in [9.17, 15) is 30.3 Å². The number of allylic oxidation sites excluding steroid dienone is 2. The van der Waals surface area contributed by atoms with Crippen LogP contribution >= 0.6 is 139 Å². The van der Waals surface area contributed by atoms with Crippen LogP contribution in [0.2, 0.25) is 0 Å². The lowest BCUT2D eigenvalue weighted by atomic mass is 10.1. The number of carboxylic acids is 2. The summed E-state index contributed by atoms with van der Waals surface area (Å²) in [6.45, 7) is 8.99. The first-order valence-electron chi connectivity index (χ1n) is 21.4. The number of thioether (sulfide) groups is 8. The molecule has 0 spiro atoms. The van der Waals surface area contributed by atoms with Crippen LogP contribution in [-0.4, -0.2) is 45.2 Å². The van der Waals surface area contributed by atoms with Gasteiger partial charge in [0.2, 0.25) is 0 Å². The SMILES string of the molecule is CCCCSC1=C(SCCCC)SC(=C(C(=C2SC(SCCCC)=C(SCCCC)S2)c2ccc(-c3ccc(/C=C(\C#N)C(=O)O)s3)s2)c2ccc(-c3ccc(/C=C(\C#N)C(=O)O)s3)s2)S1. The van der Waals surface area contributed by atoms with Crippen LogP contribution in [0.3, 0.4) is 0 Å². The van der Waals surface area contributed by atoms with Crippen molar-refractivity contribution in [3.63, 3.8) is 0 Å². The molecule has 0 aliphatic carbocycles. The molecule has 66 heavy (non-hydrogen) atoms. The van der Waals surface area contributed by atoms with Crippen molar-refractivity contribution in [3.05, 3.63) is 105 Å². The fraction of sp³-hybridized carbons (Fsp3) is 0.333. The zero-order chi connectivity index (χ0) is 47.0. The Hall–Kier alpha value is -2.04. The number of unbranched alkanes of at least 4 members (excludes halogenated alkanes) is 4. The molecule has 0 amide bonds. The Balaban J connectivity index is 1.54. The highest BCUT2D eigenvalue weighted by Crippen LogP contribution is 2.66. The lowest BCUT2D eigenvalue weighted by molar-refractivity contribution is -0.133. The Morgan fingerprint density at radius 3 is 1.09 bits per heavy atom. The molecule has 346 valence electrons. The highest BCUT2D eigenvalue weighted by molar-refractivity contribution is 8.41. The molecule has 6 rings (SSSR count). The predicted molar refractivity (Wildman–Crippen MR) is 305 cm³/mol. The van der Waals surface area contributed by atoms with E-state index in [0.717, 1.165) is 104 Å². The largest absolute Gasteiger partial charge is 0.477 e. The lowest BCUT2D eigenvalue weighted by Crippen LogP contribution is -1.96. The first-order chi connectivity index (χ1) is 32.1. The number of carboxylic acid groups (broad SMARTS) is 2. The Labute approximate surface area is 438 Å². The molecule has 0 saturated heterocycles. The normalized spacial score (nSPS) is 14.4. The molecule has 0 radical (unpaired) electrons. The third kappa shape index (κ3) is 14.5. The number of hydrogen-bond donors (Lipinski definition) is 2. The second-order valence-electron chi connectivity index (χ2n) is 14.4. The van der Waals surface area contributed by atoms with Crippen molar-refractivity contribution in [3.8, 4) is 31.6 Å². The zero-order valence-corrected chi connectivity index (χ0v) is 46.6. The summed E-state index contributed by atoms with van der Waals surface area (Å²) in [5, 5.41) is 38.0. The molecule has 4 aromatic heterocycles. The number of carbonyl (C=O) groups is 2. The van der Waals surface area contributed by atoms with Gasteiger partial charge in [-0.15, -0.1) is 92.4 Å². The molecule has 0 atom stereocenters. The van der Waals surface area contributed by atoms with Crippen LogP contribution in [0, 0.1) is 22.7 Å². The highest BCUT2D eigenvalue weighted by Gasteiger charge is 2.34. The van der Waals surface area contributed by atoms with Crippen LogP contribution < -0.4 is 0 Å². The number of aliphatic carboxylic acids is 2. The molecular weight excluding hydrogens is 1050 g/mol. The zero-order valence-electron chi connectivity index (χ0n) is 36.8. The maximum absolute atomic E-state index is 11.7. The number of thiophene rings is 4. The summed E-state index contributed by atoms with van der Waals surface area (Å²) >= 11 is 22.0. The van der Waals surface area contributed by atoms with E-state index in [1.165, 1.54) is 71.4 Å². The van der Waals surface area contributed by atoms with Crippen molar-refractivity contribution in [2.24, 2.45) is 0 Å². The molecule has 0 bridgehead atoms. The van der Waals surface area contributed by atoms with Crippen molar-refractivity contribution in [1.29, 1.82) is 10.5 Å². The van der Waals surface area contributed by atoms with Crippen molar-refractivity contribution in [1.82, 2.24) is 0 Å². The van der Waals surface area contributed by atoms with Crippen molar-refractivity contribution in [2.75, 3.05) is 23.0 Å². The van der Waals surface area contributed by atoms with Gasteiger partial charge in [0.1, 0.15) is 23.3 Å². The number of rotatable bonds is 25. The minimum absolute atomic E-state index is 0.293. The van der Waals surface area contributed by atoms with Crippen LogP contribution in [0.5, 0.6) is 0 Å². The van der Waals surface area contributed by atoms with Crippen LogP contribution in [0.25, 0.3) is 42.8 Å². The highest BCUT2D eigenvalue weighted by atomic mass is 32.3. The van der Waals surface area contributed by atoms with Crippen molar-refractivity contribution < 1.29 is 19.8 Å². The van der Waals surface area contributed by atoms with Gasteiger partial charge in [-0.25, -0.2) is 9.59 Å². The Kier molecular flexibility index (Phi) is 22.1. The summed E-state index contributed by atoms with van der Waals surface area (Å²) in [4.78, 5) is 31.3. The first kappa shape index (κ1) is 53.3. The van der Waals surface area contributed by atoms with Gasteiger partial charge in [-0.05, 0) is 109 Å². The quantitative estimate of drug-likeness (QED) is 0.0372. The molecule has 6 nitrogen and oxygen atoms in total. The molecule has 2 aliphatic heterocycles. The Bertz CT molecular complexity index is 2430. The monoisotopic (exact) mass is 1100 g/mol. The summed E-state index contributed by atoms with van der Waals surface area (Å²) in [5.41, 5.74) is 1.84. The van der Waals surface area contributed by atoms with E-state index in [0.29, 0.717) is 9.75 Å². The van der Waals surface area contributed by atoms with Crippen LogP contribution in [-0.2, 0) is 9.59 Å². The summed E-state index contributed by atoms with van der Waals surface area (Å²) in [7, 11) is 0. The third-order valence-electron chi connectivity index (χ3n) is 9.38. The van der Waals surface area contributed by atoms with Gasteiger partial charge in [-0.1, -0.05) is 100 Å². The van der Waals surface area contributed by atoms with Gasteiger partial charge in [-0.2, -0.15) is 10.5 Å². The summed E-state index contributed by atoms with van der Waals surface area (Å²) in [6, 6.07) is 20.2. The predicted octanol–water partition coefficient (Wildman–Crippen LogP) is 18.6. The molecule has 0 unspecified atom stereocenters. The maximum atomic E-state index is 11.7. The third-order valence-corrected chi connectivity index (χ3v) is 25.4. The van der Waals surface area contributed by atoms with E-state index >= 15 is 0 Å². The molecule has 4 aromatic rings. The van der Waals surface area contributed by atoms with Gasteiger partial charge in [0.05, 0.1) is 25.4 Å². The second kappa shape index (κ2) is 27.4. The van der Waals surface area contributed by atoms with Gasteiger partial charge in [0.25, 0.3) is 0 Å². The number of nitrogens with zero attached hydrogens (tertiary/aromatic N) is 2. The van der Waals surface area contributed by atoms with E-state index in [1.54, 1.807) is 22.7 Å².